The van der Waals surface area contributed by atoms with E-state index in [2.05, 4.69) is 158 Å². The average molecular weight is 779 g/mol. The molecule has 0 atom stereocenters. The van der Waals surface area contributed by atoms with Gasteiger partial charge in [-0.25, -0.2) is 19.9 Å². The summed E-state index contributed by atoms with van der Waals surface area (Å²) in [7, 11) is 0. The molecule has 0 aliphatic rings. The summed E-state index contributed by atoms with van der Waals surface area (Å²) in [6.45, 7) is 0. The number of furan rings is 1. The number of rotatable bonds is 6. The van der Waals surface area contributed by atoms with Gasteiger partial charge in [0.2, 0.25) is 0 Å². The molecule has 3 heterocycles. The van der Waals surface area contributed by atoms with Crippen LogP contribution in [0.1, 0.15) is 0 Å². The first-order chi connectivity index (χ1) is 30.2. The van der Waals surface area contributed by atoms with Gasteiger partial charge in [0.1, 0.15) is 11.2 Å². The van der Waals surface area contributed by atoms with E-state index in [1.165, 1.54) is 10.9 Å². The Hall–Kier alpha value is -8.28. The Morgan fingerprint density at radius 3 is 1.64 bits per heavy atom. The molecule has 5 heteroatoms. The van der Waals surface area contributed by atoms with Crippen LogP contribution >= 0.6 is 0 Å². The molecule has 0 spiro atoms. The third-order valence-corrected chi connectivity index (χ3v) is 11.7. The molecule has 12 rings (SSSR count). The predicted molar refractivity (Wildman–Crippen MR) is 250 cm³/mol. The van der Waals surface area contributed by atoms with E-state index in [4.69, 9.17) is 24.4 Å². The van der Waals surface area contributed by atoms with Crippen molar-refractivity contribution in [2.45, 2.75) is 0 Å². The maximum absolute atomic E-state index is 6.72. The normalized spacial score (nSPS) is 11.6. The Morgan fingerprint density at radius 2 is 0.852 bits per heavy atom. The SMILES string of the molecule is c1ccc(-c2ccc(-c3nc4ccccc4c4c(-c5cccc(-c6nc(-c7ccccc7)nc(-c7ccc8ccccc8c7)n6)c5)c5c(cc34)oc3ccccc35)cc2)cc1. The van der Waals surface area contributed by atoms with Gasteiger partial charge in [0.05, 0.1) is 11.2 Å². The van der Waals surface area contributed by atoms with E-state index < -0.39 is 0 Å². The quantitative estimate of drug-likeness (QED) is 0.157. The summed E-state index contributed by atoms with van der Waals surface area (Å²) in [5, 5.41) is 7.61. The Morgan fingerprint density at radius 1 is 0.295 bits per heavy atom. The topological polar surface area (TPSA) is 64.7 Å². The van der Waals surface area contributed by atoms with Crippen LogP contribution in [0.4, 0.5) is 0 Å². The van der Waals surface area contributed by atoms with Gasteiger partial charge in [0.15, 0.2) is 17.5 Å². The lowest BCUT2D eigenvalue weighted by molar-refractivity contribution is 0.669. The van der Waals surface area contributed by atoms with Crippen molar-refractivity contribution < 1.29 is 4.42 Å². The number of pyridine rings is 1. The Labute approximate surface area is 351 Å². The summed E-state index contributed by atoms with van der Waals surface area (Å²) < 4.78 is 6.72. The smallest absolute Gasteiger partial charge is 0.164 e. The van der Waals surface area contributed by atoms with Crippen molar-refractivity contribution in [3.8, 4) is 67.7 Å². The molecule has 9 aromatic carbocycles. The van der Waals surface area contributed by atoms with E-state index in [1.807, 2.05) is 48.5 Å². The predicted octanol–water partition coefficient (Wildman–Crippen LogP) is 14.6. The first kappa shape index (κ1) is 34.7. The van der Waals surface area contributed by atoms with Crippen LogP contribution in [-0.4, -0.2) is 19.9 Å². The minimum atomic E-state index is 0.595. The van der Waals surface area contributed by atoms with Crippen LogP contribution in [0.3, 0.4) is 0 Å². The van der Waals surface area contributed by atoms with Crippen molar-refractivity contribution in [3.05, 3.63) is 206 Å². The van der Waals surface area contributed by atoms with Gasteiger partial charge >= 0.3 is 0 Å². The van der Waals surface area contributed by atoms with Crippen molar-refractivity contribution in [1.29, 1.82) is 0 Å². The van der Waals surface area contributed by atoms with Crippen LogP contribution < -0.4 is 0 Å². The number of aromatic nitrogens is 4. The standard InChI is InChI=1S/C56H34N4O/c1-3-14-35(15-4-1)37-26-29-38(30-27-37)53-46-34-49-52(45-23-10-12-25-48(45)61-49)50(51(46)44-22-9-11-24-47(44)57-53)41-20-13-21-42(33-41)55-58-54(39-17-5-2-6-18-39)59-56(60-55)43-31-28-36-16-7-8-19-40(36)32-43/h1-34H. The van der Waals surface area contributed by atoms with Gasteiger partial charge in [0, 0.05) is 54.7 Å². The molecule has 284 valence electrons. The summed E-state index contributed by atoms with van der Waals surface area (Å²) in [6.07, 6.45) is 0. The number of para-hydroxylation sites is 2. The van der Waals surface area contributed by atoms with Crippen LogP contribution in [-0.2, 0) is 0 Å². The molecule has 0 bridgehead atoms. The fraction of sp³-hybridized carbons (Fsp3) is 0. The highest BCUT2D eigenvalue weighted by molar-refractivity contribution is 6.27. The van der Waals surface area contributed by atoms with Crippen molar-refractivity contribution in [2.75, 3.05) is 0 Å². The number of hydrogen-bond acceptors (Lipinski definition) is 5. The molecule has 0 saturated carbocycles. The highest BCUT2D eigenvalue weighted by Crippen LogP contribution is 2.47. The van der Waals surface area contributed by atoms with Gasteiger partial charge in [-0.1, -0.05) is 176 Å². The zero-order valence-electron chi connectivity index (χ0n) is 32.8. The highest BCUT2D eigenvalue weighted by Gasteiger charge is 2.23. The molecule has 0 aliphatic heterocycles. The lowest BCUT2D eigenvalue weighted by Gasteiger charge is -2.16. The Balaban J connectivity index is 1.11. The van der Waals surface area contributed by atoms with Gasteiger partial charge < -0.3 is 4.42 Å². The fourth-order valence-electron chi connectivity index (χ4n) is 8.77. The molecule has 0 saturated heterocycles. The minimum absolute atomic E-state index is 0.595. The summed E-state index contributed by atoms with van der Waals surface area (Å²) in [4.78, 5) is 20.7. The van der Waals surface area contributed by atoms with Crippen LogP contribution in [0.5, 0.6) is 0 Å². The van der Waals surface area contributed by atoms with Gasteiger partial charge in [0.25, 0.3) is 0 Å². The summed E-state index contributed by atoms with van der Waals surface area (Å²) in [5.41, 5.74) is 11.7. The van der Waals surface area contributed by atoms with Crippen LogP contribution in [0.15, 0.2) is 211 Å². The van der Waals surface area contributed by atoms with Gasteiger partial charge in [-0.3, -0.25) is 0 Å². The van der Waals surface area contributed by atoms with Crippen LogP contribution in [0.2, 0.25) is 0 Å². The first-order valence-corrected chi connectivity index (χ1v) is 20.5. The number of hydrogen-bond donors (Lipinski definition) is 0. The zero-order chi connectivity index (χ0) is 40.3. The second-order valence-electron chi connectivity index (χ2n) is 15.4. The van der Waals surface area contributed by atoms with E-state index >= 15 is 0 Å². The second-order valence-corrected chi connectivity index (χ2v) is 15.4. The average Bonchev–Trinajstić information content (AvgIpc) is 3.71. The summed E-state index contributed by atoms with van der Waals surface area (Å²) >= 11 is 0. The molecule has 5 nitrogen and oxygen atoms in total. The number of nitrogens with zero attached hydrogens (tertiary/aromatic N) is 4. The lowest BCUT2D eigenvalue weighted by Crippen LogP contribution is -2.00. The van der Waals surface area contributed by atoms with Crippen molar-refractivity contribution >= 4 is 54.4 Å². The van der Waals surface area contributed by atoms with Crippen molar-refractivity contribution in [2.24, 2.45) is 0 Å². The number of benzene rings is 9. The van der Waals surface area contributed by atoms with E-state index in [9.17, 15) is 0 Å². The second kappa shape index (κ2) is 14.2. The molecule has 12 aromatic rings. The molecular weight excluding hydrogens is 745 g/mol. The molecule has 0 N–H and O–H groups in total. The molecule has 0 amide bonds. The van der Waals surface area contributed by atoms with Crippen LogP contribution in [0, 0.1) is 0 Å². The van der Waals surface area contributed by atoms with E-state index in [0.717, 1.165) is 93.6 Å². The molecule has 3 aromatic heterocycles. The van der Waals surface area contributed by atoms with Crippen molar-refractivity contribution in [3.63, 3.8) is 0 Å². The third kappa shape index (κ3) is 6.02. The summed E-state index contributed by atoms with van der Waals surface area (Å²) in [6, 6.07) is 71.6. The monoisotopic (exact) mass is 778 g/mol. The first-order valence-electron chi connectivity index (χ1n) is 20.5. The molecule has 0 aliphatic carbocycles. The highest BCUT2D eigenvalue weighted by atomic mass is 16.3. The van der Waals surface area contributed by atoms with Gasteiger partial charge in [-0.05, 0) is 57.8 Å². The molecular formula is C56H34N4O. The van der Waals surface area contributed by atoms with E-state index in [0.29, 0.717) is 17.5 Å². The molecule has 0 unspecified atom stereocenters. The maximum Gasteiger partial charge on any atom is 0.164 e. The van der Waals surface area contributed by atoms with Crippen LogP contribution in [0.25, 0.3) is 122 Å². The minimum Gasteiger partial charge on any atom is -0.456 e. The lowest BCUT2D eigenvalue weighted by atomic mass is 9.89. The van der Waals surface area contributed by atoms with Crippen molar-refractivity contribution in [1.82, 2.24) is 19.9 Å². The van der Waals surface area contributed by atoms with Gasteiger partial charge in [-0.15, -0.1) is 0 Å². The van der Waals surface area contributed by atoms with E-state index in [1.54, 1.807) is 0 Å². The third-order valence-electron chi connectivity index (χ3n) is 11.7. The maximum atomic E-state index is 6.72. The Bertz CT molecular complexity index is 3640. The van der Waals surface area contributed by atoms with E-state index in [-0.39, 0.29) is 0 Å². The molecule has 0 fully saturated rings. The molecule has 61 heavy (non-hydrogen) atoms. The largest absolute Gasteiger partial charge is 0.456 e. The fourth-order valence-corrected chi connectivity index (χ4v) is 8.77. The van der Waals surface area contributed by atoms with Gasteiger partial charge in [-0.2, -0.15) is 0 Å². The Kier molecular flexibility index (Phi) is 8.10. The zero-order valence-corrected chi connectivity index (χ0v) is 32.8. The number of fused-ring (bicyclic) bond motifs is 7. The molecule has 0 radical (unpaired) electrons. The summed E-state index contributed by atoms with van der Waals surface area (Å²) in [5.74, 6) is 1.83.